The zero-order chi connectivity index (χ0) is 20.6. The largest absolute Gasteiger partial charge is 0.466 e. The van der Waals surface area contributed by atoms with Crippen LogP contribution in [0.1, 0.15) is 52.5 Å². The van der Waals surface area contributed by atoms with Crippen molar-refractivity contribution < 1.29 is 32.2 Å². The van der Waals surface area contributed by atoms with Crippen molar-refractivity contribution in [3.8, 4) is 0 Å². The Kier molecular flexibility index (Phi) is 8.59. The van der Waals surface area contributed by atoms with Crippen LogP contribution in [-0.2, 0) is 20.7 Å². The molecule has 1 amide bonds. The van der Waals surface area contributed by atoms with E-state index in [4.69, 9.17) is 9.47 Å². The Labute approximate surface area is 157 Å². The van der Waals surface area contributed by atoms with E-state index in [0.29, 0.717) is 18.6 Å². The second-order valence-corrected chi connectivity index (χ2v) is 7.18. The van der Waals surface area contributed by atoms with Gasteiger partial charge in [0.2, 0.25) is 0 Å². The molecule has 0 unspecified atom stereocenters. The maximum atomic E-state index is 13.9. The van der Waals surface area contributed by atoms with E-state index in [-0.39, 0.29) is 25.0 Å². The fraction of sp³-hybridized carbons (Fsp3) is 0.579. The predicted molar refractivity (Wildman–Crippen MR) is 93.7 cm³/mol. The van der Waals surface area contributed by atoms with Gasteiger partial charge in [-0.2, -0.15) is 0 Å². The van der Waals surface area contributed by atoms with E-state index in [1.807, 2.05) is 6.92 Å². The molecule has 5 nitrogen and oxygen atoms in total. The van der Waals surface area contributed by atoms with Gasteiger partial charge < -0.3 is 14.8 Å². The van der Waals surface area contributed by atoms with E-state index in [9.17, 15) is 22.8 Å². The minimum atomic E-state index is -1.31. The van der Waals surface area contributed by atoms with Crippen molar-refractivity contribution in [1.82, 2.24) is 5.32 Å². The molecule has 0 fully saturated rings. The molecule has 0 aliphatic carbocycles. The molecular formula is C19H26F3NO4. The molecule has 1 atom stereocenters. The summed E-state index contributed by atoms with van der Waals surface area (Å²) in [6.45, 7) is 7.15. The zero-order valence-corrected chi connectivity index (χ0v) is 16.0. The number of carbonyl (C=O) groups is 2. The van der Waals surface area contributed by atoms with E-state index in [1.54, 1.807) is 20.8 Å². The molecule has 0 heterocycles. The Morgan fingerprint density at radius 2 is 1.74 bits per heavy atom. The predicted octanol–water partition coefficient (Wildman–Crippen LogP) is 4.27. The van der Waals surface area contributed by atoms with Gasteiger partial charge in [-0.1, -0.05) is 13.3 Å². The summed E-state index contributed by atoms with van der Waals surface area (Å²) in [5.74, 6) is -4.09. The number of benzene rings is 1. The summed E-state index contributed by atoms with van der Waals surface area (Å²) in [4.78, 5) is 23.9. The van der Waals surface area contributed by atoms with E-state index in [0.717, 1.165) is 6.42 Å². The van der Waals surface area contributed by atoms with Crippen LogP contribution in [0.3, 0.4) is 0 Å². The van der Waals surface area contributed by atoms with E-state index >= 15 is 0 Å². The number of hydrogen-bond donors (Lipinski definition) is 1. The minimum Gasteiger partial charge on any atom is -0.466 e. The van der Waals surface area contributed by atoms with Crippen molar-refractivity contribution >= 4 is 12.1 Å². The maximum Gasteiger partial charge on any atom is 0.407 e. The number of unbranched alkanes of at least 4 members (excludes halogenated alkanes) is 1. The number of hydrogen-bond acceptors (Lipinski definition) is 4. The van der Waals surface area contributed by atoms with Crippen molar-refractivity contribution in [2.75, 3.05) is 6.61 Å². The fourth-order valence-corrected chi connectivity index (χ4v) is 2.22. The van der Waals surface area contributed by atoms with Gasteiger partial charge in [0.05, 0.1) is 13.0 Å². The van der Waals surface area contributed by atoms with E-state index in [1.165, 1.54) is 0 Å². The van der Waals surface area contributed by atoms with Gasteiger partial charge in [0.25, 0.3) is 0 Å². The summed E-state index contributed by atoms with van der Waals surface area (Å²) in [6.07, 6.45) is 0.226. The SMILES string of the molecule is CCCCOC(=O)C[C@@H](Cc1cc(F)c(F)cc1F)NC(=O)OC(C)(C)C. The number of halogens is 3. The highest BCUT2D eigenvalue weighted by atomic mass is 19.2. The van der Waals surface area contributed by atoms with Crippen LogP contribution in [0.2, 0.25) is 0 Å². The van der Waals surface area contributed by atoms with Crippen molar-refractivity contribution in [3.05, 3.63) is 35.1 Å². The van der Waals surface area contributed by atoms with Crippen LogP contribution in [0.4, 0.5) is 18.0 Å². The van der Waals surface area contributed by atoms with Crippen LogP contribution in [0, 0.1) is 17.5 Å². The summed E-state index contributed by atoms with van der Waals surface area (Å²) in [6, 6.07) is 0.222. The average Bonchev–Trinajstić information content (AvgIpc) is 2.50. The lowest BCUT2D eigenvalue weighted by Gasteiger charge is -2.23. The van der Waals surface area contributed by atoms with Crippen LogP contribution < -0.4 is 5.32 Å². The average molecular weight is 389 g/mol. The Morgan fingerprint density at radius 3 is 2.33 bits per heavy atom. The Morgan fingerprint density at radius 1 is 1.11 bits per heavy atom. The molecule has 1 aromatic rings. The third kappa shape index (κ3) is 8.79. The van der Waals surface area contributed by atoms with Crippen molar-refractivity contribution in [2.24, 2.45) is 0 Å². The number of carbonyl (C=O) groups excluding carboxylic acids is 2. The molecule has 0 aliphatic heterocycles. The second-order valence-electron chi connectivity index (χ2n) is 7.18. The Bertz CT molecular complexity index is 659. The van der Waals surface area contributed by atoms with Crippen LogP contribution >= 0.6 is 0 Å². The lowest BCUT2D eigenvalue weighted by Crippen LogP contribution is -2.41. The van der Waals surface area contributed by atoms with Gasteiger partial charge in [0, 0.05) is 12.1 Å². The van der Waals surface area contributed by atoms with Crippen molar-refractivity contribution in [3.63, 3.8) is 0 Å². The van der Waals surface area contributed by atoms with Crippen molar-refractivity contribution in [1.29, 1.82) is 0 Å². The second kappa shape index (κ2) is 10.2. The molecule has 0 saturated carbocycles. The number of rotatable bonds is 8. The monoisotopic (exact) mass is 389 g/mol. The summed E-state index contributed by atoms with van der Waals surface area (Å²) in [7, 11) is 0. The van der Waals surface area contributed by atoms with Gasteiger partial charge in [-0.05, 0) is 45.2 Å². The molecule has 0 aromatic heterocycles. The highest BCUT2D eigenvalue weighted by molar-refractivity contribution is 5.73. The first-order valence-corrected chi connectivity index (χ1v) is 8.80. The highest BCUT2D eigenvalue weighted by Crippen LogP contribution is 2.17. The molecule has 1 N–H and O–H groups in total. The summed E-state index contributed by atoms with van der Waals surface area (Å²) < 4.78 is 50.6. The molecule has 1 aromatic carbocycles. The number of amides is 1. The first kappa shape index (κ1) is 22.8. The number of esters is 1. The standard InChI is InChI=1S/C19H26F3NO4/c1-5-6-7-26-17(24)10-13(23-18(25)27-19(2,3)4)8-12-9-15(21)16(22)11-14(12)20/h9,11,13H,5-8,10H2,1-4H3,(H,23,25)/t13-/m1/s1. The molecule has 0 radical (unpaired) electrons. The van der Waals surface area contributed by atoms with Gasteiger partial charge in [-0.25, -0.2) is 18.0 Å². The molecule has 0 spiro atoms. The normalized spacial score (nSPS) is 12.4. The fourth-order valence-electron chi connectivity index (χ4n) is 2.22. The summed E-state index contributed by atoms with van der Waals surface area (Å²) in [5.41, 5.74) is -0.944. The van der Waals surface area contributed by atoms with Gasteiger partial charge in [0.15, 0.2) is 11.6 Å². The molecule has 27 heavy (non-hydrogen) atoms. The minimum absolute atomic E-state index is 0.170. The molecule has 0 bridgehead atoms. The first-order chi connectivity index (χ1) is 12.5. The van der Waals surface area contributed by atoms with Gasteiger partial charge in [-0.3, -0.25) is 4.79 Å². The zero-order valence-electron chi connectivity index (χ0n) is 16.0. The van der Waals surface area contributed by atoms with Gasteiger partial charge in [0.1, 0.15) is 11.4 Å². The molecular weight excluding hydrogens is 363 g/mol. The third-order valence-corrected chi connectivity index (χ3v) is 3.45. The lowest BCUT2D eigenvalue weighted by atomic mass is 10.0. The summed E-state index contributed by atoms with van der Waals surface area (Å²) >= 11 is 0. The first-order valence-electron chi connectivity index (χ1n) is 8.80. The highest BCUT2D eigenvalue weighted by Gasteiger charge is 2.24. The number of nitrogens with one attached hydrogen (secondary N) is 1. The Hall–Kier alpha value is -2.25. The van der Waals surface area contributed by atoms with Crippen molar-refractivity contribution in [2.45, 2.75) is 65.0 Å². The van der Waals surface area contributed by atoms with Crippen LogP contribution in [0.15, 0.2) is 12.1 Å². The van der Waals surface area contributed by atoms with E-state index < -0.39 is 41.2 Å². The molecule has 0 aliphatic rings. The van der Waals surface area contributed by atoms with Gasteiger partial charge >= 0.3 is 12.1 Å². The van der Waals surface area contributed by atoms with E-state index in [2.05, 4.69) is 5.32 Å². The Balaban J connectivity index is 2.88. The maximum absolute atomic E-state index is 13.9. The molecule has 0 saturated heterocycles. The number of alkyl carbamates (subject to hydrolysis) is 1. The molecule has 8 heteroatoms. The number of ether oxygens (including phenoxy) is 2. The van der Waals surface area contributed by atoms with Crippen LogP contribution in [0.5, 0.6) is 0 Å². The third-order valence-electron chi connectivity index (χ3n) is 3.45. The molecule has 152 valence electrons. The van der Waals surface area contributed by atoms with Crippen LogP contribution in [0.25, 0.3) is 0 Å². The summed E-state index contributed by atoms with van der Waals surface area (Å²) in [5, 5.41) is 2.46. The van der Waals surface area contributed by atoms with Gasteiger partial charge in [-0.15, -0.1) is 0 Å². The smallest absolute Gasteiger partial charge is 0.407 e. The lowest BCUT2D eigenvalue weighted by molar-refractivity contribution is -0.144. The topological polar surface area (TPSA) is 64.6 Å². The quantitative estimate of drug-likeness (QED) is 0.410. The van der Waals surface area contributed by atoms with Crippen LogP contribution in [-0.4, -0.2) is 30.3 Å². The molecule has 1 rings (SSSR count).